The van der Waals surface area contributed by atoms with Crippen LogP contribution in [0.4, 0.5) is 17.6 Å². The lowest BCUT2D eigenvalue weighted by Crippen LogP contribution is -2.07. The van der Waals surface area contributed by atoms with Gasteiger partial charge in [0.2, 0.25) is 5.89 Å². The molecule has 9 heteroatoms. The van der Waals surface area contributed by atoms with E-state index in [-0.39, 0.29) is 11.5 Å². The average Bonchev–Trinajstić information content (AvgIpc) is 3.27. The second-order valence-electron chi connectivity index (χ2n) is 7.45. The van der Waals surface area contributed by atoms with E-state index < -0.39 is 17.6 Å². The van der Waals surface area contributed by atoms with E-state index in [2.05, 4.69) is 34.6 Å². The van der Waals surface area contributed by atoms with Crippen LogP contribution in [0.25, 0.3) is 12.2 Å². The first kappa shape index (κ1) is 25.4. The molecule has 0 atom stereocenters. The number of benzene rings is 2. The highest BCUT2D eigenvalue weighted by Gasteiger charge is 2.30. The third-order valence-electron chi connectivity index (χ3n) is 4.86. The summed E-state index contributed by atoms with van der Waals surface area (Å²) >= 11 is 1.61. The van der Waals surface area contributed by atoms with Crippen LogP contribution in [0.3, 0.4) is 0 Å². The summed E-state index contributed by atoms with van der Waals surface area (Å²) in [6, 6.07) is 10.8. The Morgan fingerprint density at radius 1 is 1.06 bits per heavy atom. The van der Waals surface area contributed by atoms with Gasteiger partial charge in [-0.3, -0.25) is 0 Å². The minimum atomic E-state index is -4.58. The zero-order valence-corrected chi connectivity index (χ0v) is 19.1. The van der Waals surface area contributed by atoms with Crippen LogP contribution in [-0.4, -0.2) is 11.5 Å². The second-order valence-corrected chi connectivity index (χ2v) is 8.50. The van der Waals surface area contributed by atoms with Crippen LogP contribution in [-0.2, 0) is 18.3 Å². The van der Waals surface area contributed by atoms with Crippen LogP contribution < -0.4 is 11.1 Å². The molecular weight excluding hydrogens is 466 g/mol. The molecule has 0 fully saturated rings. The van der Waals surface area contributed by atoms with E-state index in [4.69, 9.17) is 10.2 Å². The predicted molar refractivity (Wildman–Crippen MR) is 127 cm³/mol. The largest absolute Gasteiger partial charge is 0.445 e. The van der Waals surface area contributed by atoms with Crippen molar-refractivity contribution in [3.05, 3.63) is 95.2 Å². The molecule has 0 spiro atoms. The van der Waals surface area contributed by atoms with Gasteiger partial charge in [0.25, 0.3) is 0 Å². The average molecular weight is 492 g/mol. The van der Waals surface area contributed by atoms with E-state index in [1.807, 2.05) is 0 Å². The number of unbranched alkanes of at least 4 members (excludes halogenated alkanes) is 1. The van der Waals surface area contributed by atoms with Gasteiger partial charge < -0.3 is 15.5 Å². The highest BCUT2D eigenvalue weighted by Crippen LogP contribution is 2.30. The summed E-state index contributed by atoms with van der Waals surface area (Å²) in [5.74, 6) is -0.120. The Morgan fingerprint density at radius 2 is 1.85 bits per heavy atom. The van der Waals surface area contributed by atoms with E-state index >= 15 is 0 Å². The summed E-state index contributed by atoms with van der Waals surface area (Å²) in [6.07, 6.45) is 6.07. The third-order valence-corrected chi connectivity index (χ3v) is 5.91. The number of aryl methyl sites for hydroxylation is 1. The molecule has 1 aromatic heterocycles. The maximum Gasteiger partial charge on any atom is 0.416 e. The van der Waals surface area contributed by atoms with Gasteiger partial charge in [-0.1, -0.05) is 18.2 Å². The van der Waals surface area contributed by atoms with Crippen molar-refractivity contribution in [1.82, 2.24) is 10.3 Å². The summed E-state index contributed by atoms with van der Waals surface area (Å²) < 4.78 is 57.2. The molecule has 0 aliphatic heterocycles. The summed E-state index contributed by atoms with van der Waals surface area (Å²) in [5.41, 5.74) is 6.25. The summed E-state index contributed by atoms with van der Waals surface area (Å²) in [5, 5.41) is 3.11. The first-order valence-electron chi connectivity index (χ1n) is 10.7. The van der Waals surface area contributed by atoms with Gasteiger partial charge in [-0.25, -0.2) is 9.37 Å². The Kier molecular flexibility index (Phi) is 9.21. The van der Waals surface area contributed by atoms with Crippen molar-refractivity contribution < 1.29 is 22.0 Å². The lowest BCUT2D eigenvalue weighted by molar-refractivity contribution is -0.137. The smallest absolute Gasteiger partial charge is 0.416 e. The van der Waals surface area contributed by atoms with Crippen LogP contribution in [0.15, 0.2) is 70.4 Å². The molecule has 1 heterocycles. The number of hydrogen-bond acceptors (Lipinski definition) is 5. The molecule has 0 saturated carbocycles. The molecule has 0 saturated heterocycles. The Bertz CT molecular complexity index is 1110. The Morgan fingerprint density at radius 3 is 2.56 bits per heavy atom. The highest BCUT2D eigenvalue weighted by molar-refractivity contribution is 7.98. The number of hydrogen-bond donors (Lipinski definition) is 2. The monoisotopic (exact) mass is 491 g/mol. The number of nitrogens with two attached hydrogens (primary N) is 1. The number of halogens is 4. The molecule has 3 aromatic rings. The standard InChI is InChI=1S/C25H25F4N3OS/c26-23-15-20(25(27,28)29)8-6-19(23)7-11-24-32-21(16-33-24)17-34-22-9-4-18(5-10-22)3-1-2-13-31-14-12-30/h4-12,14-16,31H,1-3,13,17,30H2/b11-7+,14-12-. The number of aromatic nitrogens is 1. The van der Waals surface area contributed by atoms with Gasteiger partial charge in [0.05, 0.1) is 11.3 Å². The Labute approximate surface area is 200 Å². The van der Waals surface area contributed by atoms with Crippen molar-refractivity contribution in [3.8, 4) is 0 Å². The molecule has 180 valence electrons. The van der Waals surface area contributed by atoms with E-state index in [0.29, 0.717) is 17.5 Å². The molecule has 3 rings (SSSR count). The second kappa shape index (κ2) is 12.3. The van der Waals surface area contributed by atoms with Gasteiger partial charge in [-0.2, -0.15) is 13.2 Å². The normalized spacial score (nSPS) is 12.1. The van der Waals surface area contributed by atoms with Crippen LogP contribution in [0.1, 0.15) is 41.1 Å². The number of alkyl halides is 3. The topological polar surface area (TPSA) is 64.1 Å². The Hall–Kier alpha value is -3.20. The van der Waals surface area contributed by atoms with Gasteiger partial charge >= 0.3 is 6.18 Å². The number of nitrogens with one attached hydrogen (secondary N) is 1. The van der Waals surface area contributed by atoms with Crippen LogP contribution in [0, 0.1) is 5.82 Å². The number of thioether (sulfide) groups is 1. The molecule has 0 radical (unpaired) electrons. The summed E-state index contributed by atoms with van der Waals surface area (Å²) in [6.45, 7) is 0.899. The first-order chi connectivity index (χ1) is 16.3. The van der Waals surface area contributed by atoms with Crippen molar-refractivity contribution in [2.45, 2.75) is 36.1 Å². The fourth-order valence-electron chi connectivity index (χ4n) is 3.08. The summed E-state index contributed by atoms with van der Waals surface area (Å²) in [7, 11) is 0. The van der Waals surface area contributed by atoms with Gasteiger partial charge in [-0.05, 0) is 55.2 Å². The van der Waals surface area contributed by atoms with E-state index in [1.165, 1.54) is 30.2 Å². The van der Waals surface area contributed by atoms with Crippen LogP contribution >= 0.6 is 11.8 Å². The molecule has 0 unspecified atom stereocenters. The lowest BCUT2D eigenvalue weighted by Gasteiger charge is -2.07. The van der Waals surface area contributed by atoms with Crippen molar-refractivity contribution in [3.63, 3.8) is 0 Å². The third kappa shape index (κ3) is 7.98. The van der Waals surface area contributed by atoms with E-state index in [1.54, 1.807) is 18.0 Å². The lowest BCUT2D eigenvalue weighted by atomic mass is 10.1. The molecule has 0 aliphatic carbocycles. The number of nitrogens with zero attached hydrogens (tertiary/aromatic N) is 1. The maximum atomic E-state index is 13.9. The minimum Gasteiger partial charge on any atom is -0.445 e. The first-order valence-corrected chi connectivity index (χ1v) is 11.6. The zero-order valence-electron chi connectivity index (χ0n) is 18.3. The number of rotatable bonds is 11. The zero-order chi connectivity index (χ0) is 24.4. The van der Waals surface area contributed by atoms with Crippen molar-refractivity contribution in [1.29, 1.82) is 0 Å². The molecule has 34 heavy (non-hydrogen) atoms. The molecule has 0 amide bonds. The number of oxazole rings is 1. The molecule has 0 bridgehead atoms. The van der Waals surface area contributed by atoms with Crippen molar-refractivity contribution >= 4 is 23.9 Å². The van der Waals surface area contributed by atoms with E-state index in [9.17, 15) is 17.6 Å². The van der Waals surface area contributed by atoms with Gasteiger partial charge in [0, 0.05) is 41.2 Å². The highest BCUT2D eigenvalue weighted by atomic mass is 32.2. The van der Waals surface area contributed by atoms with Crippen LogP contribution in [0.5, 0.6) is 0 Å². The van der Waals surface area contributed by atoms with Crippen molar-refractivity contribution in [2.24, 2.45) is 5.73 Å². The van der Waals surface area contributed by atoms with E-state index in [0.717, 1.165) is 42.8 Å². The van der Waals surface area contributed by atoms with Crippen LogP contribution in [0.2, 0.25) is 0 Å². The van der Waals surface area contributed by atoms with Gasteiger partial charge in [-0.15, -0.1) is 11.8 Å². The molecule has 0 aliphatic rings. The van der Waals surface area contributed by atoms with Crippen molar-refractivity contribution in [2.75, 3.05) is 6.54 Å². The van der Waals surface area contributed by atoms with Gasteiger partial charge in [0.1, 0.15) is 12.1 Å². The predicted octanol–water partition coefficient (Wildman–Crippen LogP) is 6.64. The molecule has 3 N–H and O–H groups in total. The molecular formula is C25H25F4N3OS. The maximum absolute atomic E-state index is 13.9. The molecule has 4 nitrogen and oxygen atoms in total. The summed E-state index contributed by atoms with van der Waals surface area (Å²) in [4.78, 5) is 5.42. The quantitative estimate of drug-likeness (QED) is 0.179. The fraction of sp³-hybridized carbons (Fsp3) is 0.240. The fourth-order valence-corrected chi connectivity index (χ4v) is 3.86. The Balaban J connectivity index is 1.47. The minimum absolute atomic E-state index is 0.0193. The SMILES string of the molecule is N/C=C\NCCCCc1ccc(SCc2coc(/C=C/c3ccc(C(F)(F)F)cc3F)n2)cc1. The van der Waals surface area contributed by atoms with Gasteiger partial charge in [0.15, 0.2) is 0 Å². The molecule has 2 aromatic carbocycles.